The van der Waals surface area contributed by atoms with E-state index in [1.165, 1.54) is 29.5 Å². The molecule has 2 heteroatoms. The maximum absolute atomic E-state index is 5.18. The highest BCUT2D eigenvalue weighted by atomic mass is 16.6. The number of rotatable bonds is 3. The summed E-state index contributed by atoms with van der Waals surface area (Å²) in [6.45, 7) is 4.98. The zero-order chi connectivity index (χ0) is 10.2. The molecular formula is C12H17NO. The maximum Gasteiger partial charge on any atom is 0.0776 e. The summed E-state index contributed by atoms with van der Waals surface area (Å²) in [6, 6.07) is 6.47. The second-order valence-electron chi connectivity index (χ2n) is 4.34. The van der Waals surface area contributed by atoms with Crippen LogP contribution in [-0.2, 0) is 10.3 Å². The Balaban J connectivity index is 2.37. The molecule has 1 aromatic carbocycles. The first kappa shape index (κ1) is 9.69. The fourth-order valence-corrected chi connectivity index (χ4v) is 2.13. The molecule has 14 heavy (non-hydrogen) atoms. The van der Waals surface area contributed by atoms with Crippen molar-refractivity contribution in [3.63, 3.8) is 0 Å². The minimum atomic E-state index is 0.227. The molecule has 0 heterocycles. The van der Waals surface area contributed by atoms with Crippen LogP contribution in [0.5, 0.6) is 0 Å². The molecule has 0 amide bonds. The van der Waals surface area contributed by atoms with Gasteiger partial charge in [0.1, 0.15) is 0 Å². The van der Waals surface area contributed by atoms with Gasteiger partial charge in [-0.05, 0) is 43.4 Å². The molecule has 0 aromatic heterocycles. The Bertz CT molecular complexity index is 342. The van der Waals surface area contributed by atoms with Gasteiger partial charge in [-0.25, -0.2) is 5.90 Å². The standard InChI is InChI=1S/C12H17NO/c1-9-4-3-5-11(10(9)2)12(6-7-12)8-14-13/h3-5H,6-8,13H2,1-2H3. The van der Waals surface area contributed by atoms with E-state index < -0.39 is 0 Å². The van der Waals surface area contributed by atoms with Gasteiger partial charge in [-0.1, -0.05) is 18.2 Å². The molecule has 2 N–H and O–H groups in total. The van der Waals surface area contributed by atoms with Gasteiger partial charge in [0.05, 0.1) is 6.61 Å². The molecule has 0 radical (unpaired) electrons. The van der Waals surface area contributed by atoms with E-state index in [4.69, 9.17) is 10.7 Å². The van der Waals surface area contributed by atoms with Gasteiger partial charge in [0, 0.05) is 5.41 Å². The highest BCUT2D eigenvalue weighted by Gasteiger charge is 2.45. The summed E-state index contributed by atoms with van der Waals surface area (Å²) in [5, 5.41) is 0. The van der Waals surface area contributed by atoms with Crippen LogP contribution in [0.15, 0.2) is 18.2 Å². The molecule has 0 atom stereocenters. The van der Waals surface area contributed by atoms with Crippen molar-refractivity contribution in [3.8, 4) is 0 Å². The average Bonchev–Trinajstić information content (AvgIpc) is 2.91. The van der Waals surface area contributed by atoms with Crippen molar-refractivity contribution in [2.24, 2.45) is 5.90 Å². The molecule has 1 aliphatic carbocycles. The number of aryl methyl sites for hydroxylation is 1. The Labute approximate surface area is 85.0 Å². The van der Waals surface area contributed by atoms with Crippen molar-refractivity contribution < 1.29 is 4.84 Å². The number of nitrogens with two attached hydrogens (primary N) is 1. The molecule has 0 aliphatic heterocycles. The summed E-state index contributed by atoms with van der Waals surface area (Å²) in [6.07, 6.45) is 2.41. The van der Waals surface area contributed by atoms with Crippen molar-refractivity contribution in [1.29, 1.82) is 0 Å². The third-order valence-corrected chi connectivity index (χ3v) is 3.39. The van der Waals surface area contributed by atoms with Crippen LogP contribution in [0.3, 0.4) is 0 Å². The van der Waals surface area contributed by atoms with E-state index in [2.05, 4.69) is 32.0 Å². The van der Waals surface area contributed by atoms with E-state index in [-0.39, 0.29) is 5.41 Å². The van der Waals surface area contributed by atoms with E-state index in [9.17, 15) is 0 Å². The third kappa shape index (κ3) is 1.45. The zero-order valence-corrected chi connectivity index (χ0v) is 8.84. The van der Waals surface area contributed by atoms with E-state index in [0.717, 1.165) is 0 Å². The second kappa shape index (κ2) is 3.37. The van der Waals surface area contributed by atoms with Gasteiger partial charge in [-0.15, -0.1) is 0 Å². The van der Waals surface area contributed by atoms with Gasteiger partial charge in [-0.3, -0.25) is 0 Å². The van der Waals surface area contributed by atoms with Gasteiger partial charge >= 0.3 is 0 Å². The molecule has 1 aromatic rings. The first-order valence-electron chi connectivity index (χ1n) is 5.08. The lowest BCUT2D eigenvalue weighted by Gasteiger charge is -2.17. The molecule has 0 spiro atoms. The fourth-order valence-electron chi connectivity index (χ4n) is 2.13. The summed E-state index contributed by atoms with van der Waals surface area (Å²) in [7, 11) is 0. The van der Waals surface area contributed by atoms with E-state index in [0.29, 0.717) is 6.61 Å². The minimum absolute atomic E-state index is 0.227. The smallest absolute Gasteiger partial charge is 0.0776 e. The van der Waals surface area contributed by atoms with E-state index >= 15 is 0 Å². The lowest BCUT2D eigenvalue weighted by atomic mass is 9.90. The summed E-state index contributed by atoms with van der Waals surface area (Å²) >= 11 is 0. The topological polar surface area (TPSA) is 35.2 Å². The minimum Gasteiger partial charge on any atom is -0.304 e. The van der Waals surface area contributed by atoms with Gasteiger partial charge in [-0.2, -0.15) is 0 Å². The van der Waals surface area contributed by atoms with Gasteiger partial charge in [0.25, 0.3) is 0 Å². The molecule has 0 bridgehead atoms. The Morgan fingerprint density at radius 1 is 1.36 bits per heavy atom. The largest absolute Gasteiger partial charge is 0.304 e. The number of hydrogen-bond acceptors (Lipinski definition) is 2. The summed E-state index contributed by atoms with van der Waals surface area (Å²) in [5.41, 5.74) is 4.39. The Hall–Kier alpha value is -0.860. The second-order valence-corrected chi connectivity index (χ2v) is 4.34. The Morgan fingerprint density at radius 2 is 2.07 bits per heavy atom. The highest BCUT2D eigenvalue weighted by Crippen LogP contribution is 2.49. The SMILES string of the molecule is Cc1cccc(C2(CON)CC2)c1C. The summed E-state index contributed by atoms with van der Waals surface area (Å²) < 4.78 is 0. The molecule has 1 fully saturated rings. The van der Waals surface area contributed by atoms with Crippen molar-refractivity contribution >= 4 is 0 Å². The zero-order valence-electron chi connectivity index (χ0n) is 8.84. The first-order chi connectivity index (χ1) is 6.69. The molecule has 2 rings (SSSR count). The molecule has 0 unspecified atom stereocenters. The Morgan fingerprint density at radius 3 is 2.64 bits per heavy atom. The van der Waals surface area contributed by atoms with Crippen LogP contribution in [0.2, 0.25) is 0 Å². The average molecular weight is 191 g/mol. The van der Waals surface area contributed by atoms with Crippen LogP contribution in [0.1, 0.15) is 29.5 Å². The monoisotopic (exact) mass is 191 g/mol. The maximum atomic E-state index is 5.18. The molecule has 1 saturated carbocycles. The lowest BCUT2D eigenvalue weighted by Crippen LogP contribution is -2.19. The van der Waals surface area contributed by atoms with Crippen LogP contribution in [0.4, 0.5) is 0 Å². The lowest BCUT2D eigenvalue weighted by molar-refractivity contribution is 0.116. The highest BCUT2D eigenvalue weighted by molar-refractivity contribution is 5.42. The van der Waals surface area contributed by atoms with E-state index in [1.807, 2.05) is 0 Å². The Kier molecular flexibility index (Phi) is 2.33. The predicted molar refractivity (Wildman–Crippen MR) is 57.0 cm³/mol. The third-order valence-electron chi connectivity index (χ3n) is 3.39. The van der Waals surface area contributed by atoms with Gasteiger partial charge in [0.2, 0.25) is 0 Å². The van der Waals surface area contributed by atoms with Crippen molar-refractivity contribution in [1.82, 2.24) is 0 Å². The summed E-state index contributed by atoms with van der Waals surface area (Å²) in [4.78, 5) is 4.82. The normalized spacial score (nSPS) is 18.2. The molecule has 0 saturated heterocycles. The van der Waals surface area contributed by atoms with Crippen LogP contribution in [0, 0.1) is 13.8 Å². The predicted octanol–water partition coefficient (Wildman–Crippen LogP) is 2.23. The number of benzene rings is 1. The van der Waals surface area contributed by atoms with E-state index in [1.54, 1.807) is 0 Å². The quantitative estimate of drug-likeness (QED) is 0.743. The van der Waals surface area contributed by atoms with Crippen LogP contribution >= 0.6 is 0 Å². The van der Waals surface area contributed by atoms with Gasteiger partial charge < -0.3 is 4.84 Å². The van der Waals surface area contributed by atoms with Crippen LogP contribution in [-0.4, -0.2) is 6.61 Å². The van der Waals surface area contributed by atoms with Crippen molar-refractivity contribution in [3.05, 3.63) is 34.9 Å². The molecule has 76 valence electrons. The van der Waals surface area contributed by atoms with Crippen LogP contribution in [0.25, 0.3) is 0 Å². The fraction of sp³-hybridized carbons (Fsp3) is 0.500. The molecule has 1 aliphatic rings. The number of hydrogen-bond donors (Lipinski definition) is 1. The first-order valence-corrected chi connectivity index (χ1v) is 5.08. The van der Waals surface area contributed by atoms with Crippen LogP contribution < -0.4 is 5.90 Å². The summed E-state index contributed by atoms with van der Waals surface area (Å²) in [5.74, 6) is 5.18. The van der Waals surface area contributed by atoms with Crippen molar-refractivity contribution in [2.45, 2.75) is 32.1 Å². The molecular weight excluding hydrogens is 174 g/mol. The molecule has 2 nitrogen and oxygen atoms in total. The van der Waals surface area contributed by atoms with Crippen molar-refractivity contribution in [2.75, 3.05) is 6.61 Å². The van der Waals surface area contributed by atoms with Gasteiger partial charge in [0.15, 0.2) is 0 Å².